The van der Waals surface area contributed by atoms with Crippen LogP contribution in [-0.2, 0) is 11.3 Å². The van der Waals surface area contributed by atoms with Gasteiger partial charge in [0.1, 0.15) is 12.1 Å². The number of nitrogens with zero attached hydrogens (tertiary/aromatic N) is 4. The van der Waals surface area contributed by atoms with E-state index in [1.807, 2.05) is 21.9 Å². The molecule has 0 saturated carbocycles. The molecule has 3 rings (SSSR count). The molecule has 0 bridgehead atoms. The zero-order chi connectivity index (χ0) is 19.9. The summed E-state index contributed by atoms with van der Waals surface area (Å²) in [5.74, 6) is 0.588. The Morgan fingerprint density at radius 3 is 2.64 bits per heavy atom. The number of para-hydroxylation sites is 1. The van der Waals surface area contributed by atoms with Gasteiger partial charge < -0.3 is 14.5 Å². The van der Waals surface area contributed by atoms with Gasteiger partial charge in [-0.05, 0) is 31.4 Å². The molecule has 1 aliphatic rings. The van der Waals surface area contributed by atoms with Crippen molar-refractivity contribution in [1.29, 1.82) is 0 Å². The minimum Gasteiger partial charge on any atom is -0.496 e. The number of hydrogen-bond acceptors (Lipinski definition) is 5. The van der Waals surface area contributed by atoms with Crippen LogP contribution in [0.25, 0.3) is 0 Å². The summed E-state index contributed by atoms with van der Waals surface area (Å²) in [6, 6.07) is 7.38. The van der Waals surface area contributed by atoms with E-state index in [4.69, 9.17) is 4.74 Å². The van der Waals surface area contributed by atoms with Crippen LogP contribution >= 0.6 is 0 Å². The van der Waals surface area contributed by atoms with E-state index in [1.54, 1.807) is 38.6 Å². The Hall–Kier alpha value is -2.96. The molecule has 1 fully saturated rings. The number of carbonyl (C=O) groups excluding carboxylic acids is 2. The number of aromatic nitrogens is 2. The molecule has 1 saturated heterocycles. The zero-order valence-corrected chi connectivity index (χ0v) is 16.4. The maximum absolute atomic E-state index is 13.0. The van der Waals surface area contributed by atoms with Gasteiger partial charge in [-0.15, -0.1) is 0 Å². The maximum atomic E-state index is 13.0. The third kappa shape index (κ3) is 4.65. The van der Waals surface area contributed by atoms with Crippen molar-refractivity contribution in [2.75, 3.05) is 20.2 Å². The van der Waals surface area contributed by atoms with Gasteiger partial charge in [0, 0.05) is 50.6 Å². The van der Waals surface area contributed by atoms with Crippen LogP contribution in [0.1, 0.15) is 42.1 Å². The number of rotatable bonds is 5. The minimum atomic E-state index is -0.0241. The van der Waals surface area contributed by atoms with Crippen molar-refractivity contribution >= 4 is 11.8 Å². The predicted molar refractivity (Wildman–Crippen MR) is 105 cm³/mol. The fourth-order valence-electron chi connectivity index (χ4n) is 3.69. The summed E-state index contributed by atoms with van der Waals surface area (Å²) in [5.41, 5.74) is 1.48. The largest absolute Gasteiger partial charge is 0.496 e. The van der Waals surface area contributed by atoms with Crippen LogP contribution in [-0.4, -0.2) is 57.8 Å². The number of carbonyl (C=O) groups is 2. The van der Waals surface area contributed by atoms with Gasteiger partial charge in [0.2, 0.25) is 5.91 Å². The van der Waals surface area contributed by atoms with Gasteiger partial charge in [-0.25, -0.2) is 9.97 Å². The van der Waals surface area contributed by atoms with E-state index in [-0.39, 0.29) is 17.9 Å². The number of likely N-dealkylation sites (tertiary alicyclic amines) is 1. The molecular formula is C21H26N4O3. The first-order chi connectivity index (χ1) is 13.6. The van der Waals surface area contributed by atoms with Gasteiger partial charge in [0.05, 0.1) is 12.7 Å². The highest BCUT2D eigenvalue weighted by Gasteiger charge is 2.27. The molecule has 1 atom stereocenters. The first kappa shape index (κ1) is 19.8. The molecule has 1 aromatic heterocycles. The fraction of sp³-hybridized carbons (Fsp3) is 0.429. The van der Waals surface area contributed by atoms with Crippen LogP contribution in [0.4, 0.5) is 0 Å². The summed E-state index contributed by atoms with van der Waals surface area (Å²) in [6.45, 7) is 3.36. The summed E-state index contributed by atoms with van der Waals surface area (Å²) < 4.78 is 5.33. The number of hydrogen-bond donors (Lipinski definition) is 0. The van der Waals surface area contributed by atoms with E-state index in [0.717, 1.165) is 24.8 Å². The van der Waals surface area contributed by atoms with Crippen molar-refractivity contribution in [2.45, 2.75) is 38.8 Å². The van der Waals surface area contributed by atoms with Crippen molar-refractivity contribution in [3.05, 3.63) is 54.1 Å². The van der Waals surface area contributed by atoms with Gasteiger partial charge in [0.15, 0.2) is 0 Å². The molecule has 1 aromatic carbocycles. The van der Waals surface area contributed by atoms with E-state index >= 15 is 0 Å². The van der Waals surface area contributed by atoms with E-state index in [0.29, 0.717) is 30.9 Å². The average Bonchev–Trinajstić information content (AvgIpc) is 2.98. The third-order valence-electron chi connectivity index (χ3n) is 5.13. The monoisotopic (exact) mass is 382 g/mol. The first-order valence-electron chi connectivity index (χ1n) is 9.53. The molecule has 0 unspecified atom stereocenters. The Kier molecular flexibility index (Phi) is 6.57. The Morgan fingerprint density at radius 2 is 1.93 bits per heavy atom. The molecule has 0 aliphatic carbocycles. The van der Waals surface area contributed by atoms with Crippen molar-refractivity contribution < 1.29 is 14.3 Å². The molecule has 1 aliphatic heterocycles. The van der Waals surface area contributed by atoms with E-state index in [1.165, 1.54) is 6.33 Å². The summed E-state index contributed by atoms with van der Waals surface area (Å²) in [6.07, 6.45) is 7.40. The standard InChI is InChI=1S/C21H26N4O3/c1-16(26)25(14-17-12-22-15-23-13-17)18-6-5-10-24(11-9-18)21(27)19-7-3-4-8-20(19)28-2/h3-4,7-8,12-13,15,18H,5-6,9-11,14H2,1-2H3/t18-/m0/s1. The summed E-state index contributed by atoms with van der Waals surface area (Å²) in [7, 11) is 1.57. The topological polar surface area (TPSA) is 75.6 Å². The van der Waals surface area contributed by atoms with Crippen LogP contribution in [0.2, 0.25) is 0 Å². The highest BCUT2D eigenvalue weighted by atomic mass is 16.5. The van der Waals surface area contributed by atoms with Crippen molar-refractivity contribution in [2.24, 2.45) is 0 Å². The lowest BCUT2D eigenvalue weighted by Crippen LogP contribution is -2.39. The van der Waals surface area contributed by atoms with Crippen LogP contribution in [0, 0.1) is 0 Å². The highest BCUT2D eigenvalue weighted by Crippen LogP contribution is 2.23. The van der Waals surface area contributed by atoms with Crippen LogP contribution in [0.15, 0.2) is 43.0 Å². The number of amides is 2. The van der Waals surface area contributed by atoms with E-state index < -0.39 is 0 Å². The van der Waals surface area contributed by atoms with Crippen LogP contribution in [0.5, 0.6) is 5.75 Å². The van der Waals surface area contributed by atoms with E-state index in [9.17, 15) is 9.59 Å². The molecule has 7 heteroatoms. The molecular weight excluding hydrogens is 356 g/mol. The van der Waals surface area contributed by atoms with Crippen molar-refractivity contribution in [3.8, 4) is 5.75 Å². The Balaban J connectivity index is 1.69. The summed E-state index contributed by atoms with van der Waals surface area (Å²) in [4.78, 5) is 37.0. The first-order valence-corrected chi connectivity index (χ1v) is 9.53. The molecule has 2 aromatic rings. The maximum Gasteiger partial charge on any atom is 0.257 e. The van der Waals surface area contributed by atoms with Gasteiger partial charge in [0.25, 0.3) is 5.91 Å². The quantitative estimate of drug-likeness (QED) is 0.794. The Morgan fingerprint density at radius 1 is 1.18 bits per heavy atom. The highest BCUT2D eigenvalue weighted by molar-refractivity contribution is 5.97. The summed E-state index contributed by atoms with van der Waals surface area (Å²) in [5, 5.41) is 0. The molecule has 0 N–H and O–H groups in total. The van der Waals surface area contributed by atoms with Crippen molar-refractivity contribution in [1.82, 2.24) is 19.8 Å². The number of ether oxygens (including phenoxy) is 1. The lowest BCUT2D eigenvalue weighted by atomic mass is 10.1. The minimum absolute atomic E-state index is 0.0241. The second-order valence-corrected chi connectivity index (χ2v) is 6.97. The van der Waals surface area contributed by atoms with Gasteiger partial charge in [-0.2, -0.15) is 0 Å². The lowest BCUT2D eigenvalue weighted by Gasteiger charge is -2.30. The third-order valence-corrected chi connectivity index (χ3v) is 5.13. The molecule has 148 valence electrons. The van der Waals surface area contributed by atoms with Gasteiger partial charge in [-0.1, -0.05) is 12.1 Å². The molecule has 2 amide bonds. The molecule has 2 heterocycles. The molecule has 7 nitrogen and oxygen atoms in total. The molecule has 28 heavy (non-hydrogen) atoms. The van der Waals surface area contributed by atoms with E-state index in [2.05, 4.69) is 9.97 Å². The Labute approximate surface area is 165 Å². The van der Waals surface area contributed by atoms with Gasteiger partial charge >= 0.3 is 0 Å². The van der Waals surface area contributed by atoms with Crippen LogP contribution in [0.3, 0.4) is 0 Å². The second-order valence-electron chi connectivity index (χ2n) is 6.97. The van der Waals surface area contributed by atoms with Crippen LogP contribution < -0.4 is 4.74 Å². The van der Waals surface area contributed by atoms with Crippen molar-refractivity contribution in [3.63, 3.8) is 0 Å². The lowest BCUT2D eigenvalue weighted by molar-refractivity contribution is -0.132. The molecule has 0 radical (unpaired) electrons. The Bertz CT molecular complexity index is 812. The fourth-order valence-corrected chi connectivity index (χ4v) is 3.69. The van der Waals surface area contributed by atoms with Gasteiger partial charge in [-0.3, -0.25) is 9.59 Å². The molecule has 0 spiro atoms. The number of methoxy groups -OCH3 is 1. The second kappa shape index (κ2) is 9.30. The number of benzene rings is 1. The SMILES string of the molecule is COc1ccccc1C(=O)N1CCC[C@H](N(Cc2cncnc2)C(C)=O)CC1. The zero-order valence-electron chi connectivity index (χ0n) is 16.4. The normalized spacial score (nSPS) is 16.9. The predicted octanol–water partition coefficient (Wildman–Crippen LogP) is 2.53. The summed E-state index contributed by atoms with van der Waals surface area (Å²) >= 11 is 0. The smallest absolute Gasteiger partial charge is 0.257 e. The average molecular weight is 382 g/mol.